The van der Waals surface area contributed by atoms with Gasteiger partial charge in [0, 0.05) is 23.3 Å². The third-order valence-electron chi connectivity index (χ3n) is 5.37. The predicted molar refractivity (Wildman–Crippen MR) is 131 cm³/mol. The third-order valence-corrected chi connectivity index (χ3v) is 6.98. The van der Waals surface area contributed by atoms with Crippen molar-refractivity contribution in [3.63, 3.8) is 0 Å². The highest BCUT2D eigenvalue weighted by atomic mass is 35.5. The van der Waals surface area contributed by atoms with E-state index in [1.54, 1.807) is 67.8 Å². The smallest absolute Gasteiger partial charge is 0.261 e. The minimum Gasteiger partial charge on any atom is -0.377 e. The Hall–Kier alpha value is -3.19. The maximum Gasteiger partial charge on any atom is 0.261 e. The number of ether oxygens (including phenoxy) is 1. The van der Waals surface area contributed by atoms with Crippen LogP contribution in [0, 0.1) is 0 Å². The summed E-state index contributed by atoms with van der Waals surface area (Å²) >= 11 is 6.10. The molecule has 1 N–H and O–H groups in total. The summed E-state index contributed by atoms with van der Waals surface area (Å²) in [5.74, 6) is -0.323. The normalized spacial score (nSPS) is 15.7. The van der Waals surface area contributed by atoms with Gasteiger partial charge in [0.1, 0.15) is 0 Å². The fraction of sp³-hybridized carbons (Fsp3) is 0.115. The molecule has 0 aliphatic heterocycles. The van der Waals surface area contributed by atoms with Crippen molar-refractivity contribution in [2.24, 2.45) is 0 Å². The first-order valence-electron chi connectivity index (χ1n) is 10.3. The topological polar surface area (TPSA) is 72.5 Å². The molecule has 1 aliphatic rings. The van der Waals surface area contributed by atoms with Crippen LogP contribution >= 0.6 is 11.6 Å². The highest BCUT2D eigenvalue weighted by Gasteiger charge is 2.20. The number of ketones is 1. The van der Waals surface area contributed by atoms with E-state index in [0.717, 1.165) is 17.6 Å². The number of carbonyl (C=O) groups is 1. The van der Waals surface area contributed by atoms with Gasteiger partial charge in [-0.25, -0.2) is 8.42 Å². The van der Waals surface area contributed by atoms with Gasteiger partial charge in [0.15, 0.2) is 5.78 Å². The molecule has 0 amide bonds. The number of sulfonamides is 1. The van der Waals surface area contributed by atoms with Gasteiger partial charge in [0.05, 0.1) is 16.7 Å². The van der Waals surface area contributed by atoms with Crippen LogP contribution in [0.1, 0.15) is 27.9 Å². The number of benzene rings is 3. The molecular formula is C26H22ClNO4S. The maximum atomic E-state index is 13.1. The molecule has 0 spiro atoms. The zero-order valence-corrected chi connectivity index (χ0v) is 19.4. The molecule has 1 atom stereocenters. The molecule has 3 aromatic carbocycles. The van der Waals surface area contributed by atoms with Crippen molar-refractivity contribution in [1.82, 2.24) is 0 Å². The van der Waals surface area contributed by atoms with Crippen LogP contribution in [0.5, 0.6) is 0 Å². The van der Waals surface area contributed by atoms with Gasteiger partial charge in [-0.3, -0.25) is 9.52 Å². The highest BCUT2D eigenvalue weighted by molar-refractivity contribution is 7.92. The van der Waals surface area contributed by atoms with E-state index in [4.69, 9.17) is 16.3 Å². The molecular weight excluding hydrogens is 458 g/mol. The Balaban J connectivity index is 1.59. The molecule has 1 aliphatic carbocycles. The molecule has 168 valence electrons. The van der Waals surface area contributed by atoms with Crippen LogP contribution in [-0.4, -0.2) is 27.4 Å². The second-order valence-electron chi connectivity index (χ2n) is 7.54. The fourth-order valence-electron chi connectivity index (χ4n) is 3.56. The summed E-state index contributed by atoms with van der Waals surface area (Å²) in [4.78, 5) is 13.1. The van der Waals surface area contributed by atoms with Gasteiger partial charge in [0.25, 0.3) is 10.0 Å². The zero-order chi connectivity index (χ0) is 23.4. The number of nitrogens with one attached hydrogen (secondary N) is 1. The van der Waals surface area contributed by atoms with Crippen LogP contribution in [0.2, 0.25) is 5.02 Å². The van der Waals surface area contributed by atoms with Gasteiger partial charge in [-0.15, -0.1) is 0 Å². The summed E-state index contributed by atoms with van der Waals surface area (Å²) in [6.45, 7) is 0. The van der Waals surface area contributed by atoms with E-state index < -0.39 is 10.0 Å². The Labute approximate surface area is 198 Å². The molecule has 33 heavy (non-hydrogen) atoms. The van der Waals surface area contributed by atoms with Crippen LogP contribution in [0.4, 0.5) is 5.69 Å². The second-order valence-corrected chi connectivity index (χ2v) is 9.66. The molecule has 0 fully saturated rings. The summed E-state index contributed by atoms with van der Waals surface area (Å²) < 4.78 is 34.0. The molecule has 0 saturated heterocycles. The van der Waals surface area contributed by atoms with Crippen molar-refractivity contribution >= 4 is 38.7 Å². The lowest BCUT2D eigenvalue weighted by Crippen LogP contribution is -2.16. The van der Waals surface area contributed by atoms with Gasteiger partial charge in [-0.05, 0) is 47.9 Å². The lowest BCUT2D eigenvalue weighted by molar-refractivity contribution is 0.103. The second kappa shape index (κ2) is 9.75. The monoisotopic (exact) mass is 479 g/mol. The van der Waals surface area contributed by atoms with E-state index in [-0.39, 0.29) is 28.0 Å². The summed E-state index contributed by atoms with van der Waals surface area (Å²) in [5, 5.41) is 0.339. The largest absolute Gasteiger partial charge is 0.377 e. The zero-order valence-electron chi connectivity index (χ0n) is 17.9. The van der Waals surface area contributed by atoms with Gasteiger partial charge in [-0.1, -0.05) is 72.3 Å². The number of anilines is 1. The minimum atomic E-state index is -3.93. The van der Waals surface area contributed by atoms with Crippen molar-refractivity contribution in [3.05, 3.63) is 113 Å². The number of carbonyl (C=O) groups excluding carboxylic acids is 1. The standard InChI is InChI=1S/C26H22ClNO4S/c1-32-22-12-7-18(8-13-22)19-9-14-23(15-10-19)33(30,31)28-25-16-11-21(27)17-24(25)26(29)20-5-3-2-4-6-20/h2-12,14-17,22,28H,13H2,1H3. The average molecular weight is 480 g/mol. The number of rotatable bonds is 7. The van der Waals surface area contributed by atoms with Gasteiger partial charge >= 0.3 is 0 Å². The van der Waals surface area contributed by atoms with Gasteiger partial charge in [0.2, 0.25) is 0 Å². The van der Waals surface area contributed by atoms with Crippen LogP contribution in [0.3, 0.4) is 0 Å². The number of hydrogen-bond acceptors (Lipinski definition) is 4. The lowest BCUT2D eigenvalue weighted by atomic mass is 9.98. The van der Waals surface area contributed by atoms with Crippen molar-refractivity contribution in [1.29, 1.82) is 0 Å². The van der Waals surface area contributed by atoms with E-state index in [0.29, 0.717) is 10.6 Å². The molecule has 7 heteroatoms. The van der Waals surface area contributed by atoms with Gasteiger partial charge < -0.3 is 4.74 Å². The number of methoxy groups -OCH3 is 1. The van der Waals surface area contributed by atoms with Crippen molar-refractivity contribution < 1.29 is 17.9 Å². The molecule has 0 radical (unpaired) electrons. The molecule has 3 aromatic rings. The molecule has 0 aromatic heterocycles. The van der Waals surface area contributed by atoms with Crippen molar-refractivity contribution in [2.75, 3.05) is 11.8 Å². The Morgan fingerprint density at radius 3 is 2.39 bits per heavy atom. The molecule has 1 unspecified atom stereocenters. The third kappa shape index (κ3) is 5.25. The van der Waals surface area contributed by atoms with E-state index in [2.05, 4.69) is 10.8 Å². The molecule has 0 heterocycles. The predicted octanol–water partition coefficient (Wildman–Crippen LogP) is 5.73. The van der Waals surface area contributed by atoms with E-state index in [9.17, 15) is 13.2 Å². The highest BCUT2D eigenvalue weighted by Crippen LogP contribution is 2.28. The van der Waals surface area contributed by atoms with Crippen molar-refractivity contribution in [2.45, 2.75) is 17.4 Å². The Bertz CT molecular complexity index is 1330. The van der Waals surface area contributed by atoms with E-state index in [1.807, 2.05) is 12.2 Å². The van der Waals surface area contributed by atoms with E-state index in [1.165, 1.54) is 12.1 Å². The quantitative estimate of drug-likeness (QED) is 0.439. The Morgan fingerprint density at radius 1 is 1.03 bits per heavy atom. The van der Waals surface area contributed by atoms with Crippen LogP contribution in [0.15, 0.2) is 95.9 Å². The SMILES string of the molecule is COC1C=CC(c2ccc(S(=O)(=O)Nc3ccc(Cl)cc3C(=O)c3ccccc3)cc2)=CC1. The first-order chi connectivity index (χ1) is 15.9. The van der Waals surface area contributed by atoms with E-state index >= 15 is 0 Å². The van der Waals surface area contributed by atoms with Crippen molar-refractivity contribution in [3.8, 4) is 0 Å². The fourth-order valence-corrected chi connectivity index (χ4v) is 4.81. The van der Waals surface area contributed by atoms with Crippen LogP contribution in [-0.2, 0) is 14.8 Å². The summed E-state index contributed by atoms with van der Waals surface area (Å²) in [5.41, 5.74) is 2.70. The summed E-state index contributed by atoms with van der Waals surface area (Å²) in [6, 6.07) is 19.7. The summed E-state index contributed by atoms with van der Waals surface area (Å²) in [7, 11) is -2.26. The molecule has 0 bridgehead atoms. The molecule has 4 rings (SSSR count). The average Bonchev–Trinajstić information content (AvgIpc) is 2.85. The van der Waals surface area contributed by atoms with Crippen LogP contribution < -0.4 is 4.72 Å². The molecule has 5 nitrogen and oxygen atoms in total. The Kier molecular flexibility index (Phi) is 6.79. The lowest BCUT2D eigenvalue weighted by Gasteiger charge is -2.15. The number of halogens is 1. The maximum absolute atomic E-state index is 13.1. The first kappa shape index (κ1) is 23.0. The number of hydrogen-bond donors (Lipinski definition) is 1. The Morgan fingerprint density at radius 2 is 1.76 bits per heavy atom. The minimum absolute atomic E-state index is 0.0600. The molecule has 0 saturated carbocycles. The number of allylic oxidation sites excluding steroid dienone is 2. The summed E-state index contributed by atoms with van der Waals surface area (Å²) in [6.07, 6.45) is 6.83. The first-order valence-corrected chi connectivity index (χ1v) is 12.2. The van der Waals surface area contributed by atoms with Gasteiger partial charge in [-0.2, -0.15) is 0 Å². The van der Waals surface area contributed by atoms with Crippen LogP contribution in [0.25, 0.3) is 5.57 Å².